The van der Waals surface area contributed by atoms with Gasteiger partial charge in [-0.1, -0.05) is 25.5 Å². The third kappa shape index (κ3) is 5.54. The third-order valence-corrected chi connectivity index (χ3v) is 11.1. The van der Waals surface area contributed by atoms with Crippen molar-refractivity contribution in [1.29, 1.82) is 0 Å². The molecule has 12 heteroatoms. The Bertz CT molecular complexity index is 1160. The molecule has 3 saturated carbocycles. The van der Waals surface area contributed by atoms with Crippen LogP contribution >= 0.6 is 0 Å². The minimum atomic E-state index is -1.69. The first-order valence-electron chi connectivity index (χ1n) is 15.1. The number of carbonyl (C=O) groups is 3. The standard InChI is InChI=1S/C30H43N3O9/c1-28-8-6-21(34)16-20(28)4-5-22-23-7-9-30(38,29(23,2)17-24(35)27(22)28)25(36)19-41-26(37)18-32-13-11-31(12-14-32)10-3-15-42-33(39)40/h6,8,16,22-24,27,35,38H,3-5,7,9-15,17-19H2,1-2H3/t22?,23?,24?,27?,28?,29?,30-/m0/s1. The molecule has 2 N–H and O–H groups in total. The summed E-state index contributed by atoms with van der Waals surface area (Å²) < 4.78 is 5.37. The Hall–Kier alpha value is -2.67. The van der Waals surface area contributed by atoms with Gasteiger partial charge < -0.3 is 24.7 Å². The molecule has 1 saturated heterocycles. The Morgan fingerprint density at radius 1 is 1.17 bits per heavy atom. The zero-order valence-corrected chi connectivity index (χ0v) is 24.5. The molecule has 7 atom stereocenters. The molecule has 1 aliphatic heterocycles. The van der Waals surface area contributed by atoms with E-state index < -0.39 is 46.0 Å². The van der Waals surface area contributed by atoms with E-state index in [0.717, 1.165) is 18.4 Å². The van der Waals surface area contributed by atoms with Crippen molar-refractivity contribution in [2.45, 2.75) is 64.1 Å². The number of hydrogen-bond donors (Lipinski definition) is 2. The van der Waals surface area contributed by atoms with E-state index >= 15 is 0 Å². The number of carbonyl (C=O) groups excluding carboxylic acids is 3. The third-order valence-electron chi connectivity index (χ3n) is 11.1. The summed E-state index contributed by atoms with van der Waals surface area (Å²) in [5, 5.41) is 32.8. The molecule has 4 aliphatic carbocycles. The van der Waals surface area contributed by atoms with Crippen molar-refractivity contribution in [3.05, 3.63) is 33.9 Å². The SMILES string of the molecule is CC12C=CC(=O)C=C1CCC1C2C(O)CC2(C)C1CC[C@]2(O)C(=O)COC(=O)CN1CCN(CCCO[N+](=O)[O-])CC1. The monoisotopic (exact) mass is 589 g/mol. The molecule has 6 unspecified atom stereocenters. The van der Waals surface area contributed by atoms with Crippen LogP contribution in [0, 0.1) is 38.7 Å². The molecular weight excluding hydrogens is 546 g/mol. The number of fused-ring (bicyclic) bond motifs is 5. The van der Waals surface area contributed by atoms with E-state index in [-0.39, 0.29) is 49.5 Å². The molecule has 0 aromatic heterocycles. The van der Waals surface area contributed by atoms with E-state index in [9.17, 15) is 34.7 Å². The number of aliphatic hydroxyl groups excluding tert-OH is 1. The highest BCUT2D eigenvalue weighted by Gasteiger charge is 2.68. The van der Waals surface area contributed by atoms with Gasteiger partial charge in [0.2, 0.25) is 5.78 Å². The quantitative estimate of drug-likeness (QED) is 0.164. The molecule has 5 rings (SSSR count). The predicted octanol–water partition coefficient (Wildman–Crippen LogP) is 1.32. The fraction of sp³-hybridized carbons (Fsp3) is 0.767. The van der Waals surface area contributed by atoms with Crippen LogP contribution in [0.3, 0.4) is 0 Å². The molecule has 42 heavy (non-hydrogen) atoms. The summed E-state index contributed by atoms with van der Waals surface area (Å²) in [7, 11) is 0. The highest BCUT2D eigenvalue weighted by atomic mass is 16.9. The smallest absolute Gasteiger partial charge is 0.320 e. The van der Waals surface area contributed by atoms with Gasteiger partial charge in [-0.2, -0.15) is 0 Å². The largest absolute Gasteiger partial charge is 0.457 e. The lowest BCUT2D eigenvalue weighted by atomic mass is 9.46. The van der Waals surface area contributed by atoms with Crippen LogP contribution in [-0.4, -0.2) is 107 Å². The lowest BCUT2D eigenvalue weighted by Gasteiger charge is -2.59. The second kappa shape index (κ2) is 11.8. The summed E-state index contributed by atoms with van der Waals surface area (Å²) in [4.78, 5) is 56.8. The molecule has 232 valence electrons. The number of aliphatic hydroxyl groups is 2. The minimum absolute atomic E-state index is 0.0216. The minimum Gasteiger partial charge on any atom is -0.457 e. The summed E-state index contributed by atoms with van der Waals surface area (Å²) in [5.74, 6) is -1.03. The van der Waals surface area contributed by atoms with Crippen LogP contribution in [0.2, 0.25) is 0 Å². The fourth-order valence-corrected chi connectivity index (χ4v) is 8.88. The normalized spacial score (nSPS) is 38.2. The van der Waals surface area contributed by atoms with Crippen molar-refractivity contribution in [1.82, 2.24) is 9.80 Å². The van der Waals surface area contributed by atoms with Crippen LogP contribution in [0.5, 0.6) is 0 Å². The first-order valence-corrected chi connectivity index (χ1v) is 15.1. The van der Waals surface area contributed by atoms with Gasteiger partial charge in [-0.25, -0.2) is 0 Å². The number of nitrogens with zero attached hydrogens (tertiary/aromatic N) is 3. The van der Waals surface area contributed by atoms with Gasteiger partial charge in [0.05, 0.1) is 19.3 Å². The number of hydrogen-bond acceptors (Lipinski definition) is 11. The zero-order chi connectivity index (χ0) is 30.3. The van der Waals surface area contributed by atoms with E-state index in [1.165, 1.54) is 0 Å². The maximum Gasteiger partial charge on any atom is 0.320 e. The average Bonchev–Trinajstić information content (AvgIpc) is 3.21. The second-order valence-electron chi connectivity index (χ2n) is 13.2. The number of allylic oxidation sites excluding steroid dienone is 4. The Labute approximate surface area is 245 Å². The lowest BCUT2D eigenvalue weighted by Crippen LogP contribution is -2.61. The van der Waals surface area contributed by atoms with E-state index in [0.29, 0.717) is 45.6 Å². The number of piperazine rings is 1. The molecule has 0 spiro atoms. The van der Waals surface area contributed by atoms with Crippen molar-refractivity contribution in [2.75, 3.05) is 52.5 Å². The van der Waals surface area contributed by atoms with Gasteiger partial charge in [-0.05, 0) is 62.5 Å². The zero-order valence-electron chi connectivity index (χ0n) is 24.5. The Kier molecular flexibility index (Phi) is 8.63. The van der Waals surface area contributed by atoms with Gasteiger partial charge in [-0.3, -0.25) is 19.3 Å². The average molecular weight is 590 g/mol. The Balaban J connectivity index is 1.14. The predicted molar refractivity (Wildman–Crippen MR) is 149 cm³/mol. The van der Waals surface area contributed by atoms with Gasteiger partial charge in [0.1, 0.15) is 5.60 Å². The summed E-state index contributed by atoms with van der Waals surface area (Å²) >= 11 is 0. The Morgan fingerprint density at radius 3 is 2.60 bits per heavy atom. The molecule has 0 aromatic rings. The van der Waals surface area contributed by atoms with E-state index in [1.807, 2.05) is 17.9 Å². The second-order valence-corrected chi connectivity index (χ2v) is 13.2. The van der Waals surface area contributed by atoms with E-state index in [4.69, 9.17) is 4.74 Å². The van der Waals surface area contributed by atoms with Crippen LogP contribution < -0.4 is 0 Å². The van der Waals surface area contributed by atoms with Crippen LogP contribution in [0.1, 0.15) is 52.4 Å². The maximum atomic E-state index is 13.5. The highest BCUT2D eigenvalue weighted by Crippen LogP contribution is 2.67. The molecule has 0 bridgehead atoms. The Morgan fingerprint density at radius 2 is 1.88 bits per heavy atom. The summed E-state index contributed by atoms with van der Waals surface area (Å²) in [5.41, 5.74) is -1.90. The molecule has 0 aromatic carbocycles. The summed E-state index contributed by atoms with van der Waals surface area (Å²) in [6.45, 7) is 6.91. The van der Waals surface area contributed by atoms with Gasteiger partial charge >= 0.3 is 5.97 Å². The number of ketones is 2. The first kappa shape index (κ1) is 30.8. The summed E-state index contributed by atoms with van der Waals surface area (Å²) in [6.07, 6.45) is 7.76. The molecular formula is C30H43N3O9. The maximum absolute atomic E-state index is 13.5. The molecule has 1 heterocycles. The van der Waals surface area contributed by atoms with Crippen LogP contribution in [-0.2, 0) is 24.0 Å². The molecule has 5 aliphatic rings. The van der Waals surface area contributed by atoms with Gasteiger partial charge in [0, 0.05) is 49.5 Å². The molecule has 4 fully saturated rings. The van der Waals surface area contributed by atoms with E-state index in [1.54, 1.807) is 12.2 Å². The van der Waals surface area contributed by atoms with E-state index in [2.05, 4.69) is 16.7 Å². The van der Waals surface area contributed by atoms with Gasteiger partial charge in [0.25, 0.3) is 5.09 Å². The van der Waals surface area contributed by atoms with Crippen LogP contribution in [0.25, 0.3) is 0 Å². The highest BCUT2D eigenvalue weighted by molar-refractivity contribution is 6.01. The van der Waals surface area contributed by atoms with Gasteiger partial charge in [0.15, 0.2) is 12.4 Å². The lowest BCUT2D eigenvalue weighted by molar-refractivity contribution is -0.757. The van der Waals surface area contributed by atoms with Crippen LogP contribution in [0.15, 0.2) is 23.8 Å². The van der Waals surface area contributed by atoms with Crippen molar-refractivity contribution in [2.24, 2.45) is 28.6 Å². The fourth-order valence-electron chi connectivity index (χ4n) is 8.88. The number of rotatable bonds is 10. The van der Waals surface area contributed by atoms with Crippen LogP contribution in [0.4, 0.5) is 0 Å². The van der Waals surface area contributed by atoms with Crippen molar-refractivity contribution in [3.8, 4) is 0 Å². The topological polar surface area (TPSA) is 160 Å². The van der Waals surface area contributed by atoms with Gasteiger partial charge in [-0.15, -0.1) is 10.1 Å². The number of esters is 1. The molecule has 0 amide bonds. The van der Waals surface area contributed by atoms with Crippen molar-refractivity contribution < 1.29 is 39.3 Å². The number of Topliss-reactive ketones (excluding diaryl/α,β-unsaturated/α-hetero) is 1. The molecule has 0 radical (unpaired) electrons. The number of ether oxygens (including phenoxy) is 1. The van der Waals surface area contributed by atoms with Crippen molar-refractivity contribution >= 4 is 17.5 Å². The first-order chi connectivity index (χ1) is 19.9. The summed E-state index contributed by atoms with van der Waals surface area (Å²) in [6, 6.07) is 0. The van der Waals surface area contributed by atoms with Crippen molar-refractivity contribution in [3.63, 3.8) is 0 Å². The molecule has 12 nitrogen and oxygen atoms in total.